The fraction of sp³-hybridized carbons (Fsp3) is 0.240. The molecule has 0 fully saturated rings. The number of carbonyl (C=O) groups excluding carboxylic acids is 1. The van der Waals surface area contributed by atoms with Crippen molar-refractivity contribution in [2.45, 2.75) is 18.4 Å². The van der Waals surface area contributed by atoms with Gasteiger partial charge in [-0.2, -0.15) is 0 Å². The number of aromatic nitrogens is 1. The SMILES string of the molecule is COc1nccc2c1C[C@@]1(c3ccc(F)cc3F)N=C(NC(=O)c3ccccc3)SC[C@H]1C2. The molecule has 0 radical (unpaired) electrons. The number of aliphatic imine (C=N–C) groups is 1. The van der Waals surface area contributed by atoms with Gasteiger partial charge in [-0.3, -0.25) is 4.79 Å². The molecule has 1 aromatic heterocycles. The number of nitrogens with zero attached hydrogens (tertiary/aromatic N) is 2. The molecule has 0 saturated heterocycles. The molecule has 1 aliphatic heterocycles. The highest BCUT2D eigenvalue weighted by molar-refractivity contribution is 8.13. The molecule has 0 spiro atoms. The van der Waals surface area contributed by atoms with E-state index in [9.17, 15) is 9.18 Å². The lowest BCUT2D eigenvalue weighted by Crippen LogP contribution is -2.48. The van der Waals surface area contributed by atoms with Gasteiger partial charge in [-0.1, -0.05) is 36.0 Å². The lowest BCUT2D eigenvalue weighted by atomic mass is 9.67. The molecule has 3 aromatic rings. The van der Waals surface area contributed by atoms with Gasteiger partial charge in [0.1, 0.15) is 11.6 Å². The van der Waals surface area contributed by atoms with Gasteiger partial charge in [0.2, 0.25) is 5.88 Å². The average molecular weight is 466 g/mol. The van der Waals surface area contributed by atoms with Gasteiger partial charge in [-0.05, 0) is 36.2 Å². The summed E-state index contributed by atoms with van der Waals surface area (Å²) in [6, 6.07) is 14.4. The molecular formula is C25H21F2N3O2S. The topological polar surface area (TPSA) is 63.6 Å². The highest BCUT2D eigenvalue weighted by atomic mass is 32.2. The van der Waals surface area contributed by atoms with E-state index in [1.165, 1.54) is 23.9 Å². The van der Waals surface area contributed by atoms with Gasteiger partial charge in [0.05, 0.1) is 12.6 Å². The number of fused-ring (bicyclic) bond motifs is 2. The normalized spacial score (nSPS) is 21.4. The molecule has 1 N–H and O–H groups in total. The number of rotatable bonds is 3. The molecule has 2 atom stereocenters. The third-order valence-corrected chi connectivity index (χ3v) is 7.31. The fourth-order valence-corrected chi connectivity index (χ4v) is 5.82. The zero-order valence-corrected chi connectivity index (χ0v) is 18.7. The number of carbonyl (C=O) groups is 1. The molecule has 2 heterocycles. The summed E-state index contributed by atoms with van der Waals surface area (Å²) in [5.41, 5.74) is 1.72. The second-order valence-corrected chi connectivity index (χ2v) is 9.14. The van der Waals surface area contributed by atoms with Gasteiger partial charge in [0.15, 0.2) is 5.17 Å². The molecule has 33 heavy (non-hydrogen) atoms. The Balaban J connectivity index is 1.62. The van der Waals surface area contributed by atoms with E-state index in [2.05, 4.69) is 10.3 Å². The number of methoxy groups -OCH3 is 1. The van der Waals surface area contributed by atoms with E-state index in [-0.39, 0.29) is 11.8 Å². The Bertz CT molecular complexity index is 1250. The number of amides is 1. The molecule has 1 aliphatic carbocycles. The summed E-state index contributed by atoms with van der Waals surface area (Å²) in [4.78, 5) is 22.0. The Kier molecular flexibility index (Phi) is 5.62. The highest BCUT2D eigenvalue weighted by Gasteiger charge is 2.49. The number of hydrogen-bond donors (Lipinski definition) is 1. The van der Waals surface area contributed by atoms with Crippen LogP contribution in [0.25, 0.3) is 0 Å². The summed E-state index contributed by atoms with van der Waals surface area (Å²) in [5, 5.41) is 3.29. The molecule has 5 rings (SSSR count). The molecule has 168 valence electrons. The average Bonchev–Trinajstić information content (AvgIpc) is 2.82. The third-order valence-electron chi connectivity index (χ3n) is 6.27. The maximum Gasteiger partial charge on any atom is 0.257 e. The quantitative estimate of drug-likeness (QED) is 0.618. The van der Waals surface area contributed by atoms with Gasteiger partial charge in [0.25, 0.3) is 5.91 Å². The summed E-state index contributed by atoms with van der Waals surface area (Å²) in [6.45, 7) is 0. The van der Waals surface area contributed by atoms with Crippen LogP contribution in [-0.2, 0) is 18.4 Å². The summed E-state index contributed by atoms with van der Waals surface area (Å²) in [7, 11) is 1.55. The predicted octanol–water partition coefficient (Wildman–Crippen LogP) is 4.51. The van der Waals surface area contributed by atoms with Crippen molar-refractivity contribution in [1.82, 2.24) is 10.3 Å². The maximum atomic E-state index is 15.2. The minimum Gasteiger partial charge on any atom is -0.481 e. The minimum atomic E-state index is -1.02. The Morgan fingerprint density at radius 3 is 2.76 bits per heavy atom. The smallest absolute Gasteiger partial charge is 0.257 e. The monoisotopic (exact) mass is 465 g/mol. The number of benzene rings is 2. The Morgan fingerprint density at radius 1 is 1.18 bits per heavy atom. The maximum absolute atomic E-state index is 15.2. The van der Waals surface area contributed by atoms with Gasteiger partial charge >= 0.3 is 0 Å². The van der Waals surface area contributed by atoms with Crippen molar-refractivity contribution in [3.8, 4) is 5.88 Å². The highest BCUT2D eigenvalue weighted by Crippen LogP contribution is 2.50. The fourth-order valence-electron chi connectivity index (χ4n) is 4.67. The van der Waals surface area contributed by atoms with Gasteiger partial charge in [-0.15, -0.1) is 0 Å². The van der Waals surface area contributed by atoms with E-state index in [1.54, 1.807) is 37.6 Å². The summed E-state index contributed by atoms with van der Waals surface area (Å²) in [5.74, 6) is -0.558. The van der Waals surface area contributed by atoms with E-state index in [4.69, 9.17) is 9.73 Å². The zero-order chi connectivity index (χ0) is 23.0. The van der Waals surface area contributed by atoms with Crippen LogP contribution in [0.15, 0.2) is 65.8 Å². The molecular weight excluding hydrogens is 444 g/mol. The van der Waals surface area contributed by atoms with Crippen molar-refractivity contribution in [2.75, 3.05) is 12.9 Å². The Hall–Kier alpha value is -3.26. The van der Waals surface area contributed by atoms with Crippen LogP contribution in [0.2, 0.25) is 0 Å². The van der Waals surface area contributed by atoms with Crippen LogP contribution in [0, 0.1) is 17.6 Å². The second-order valence-electron chi connectivity index (χ2n) is 8.13. The Morgan fingerprint density at radius 2 is 2.00 bits per heavy atom. The van der Waals surface area contributed by atoms with Crippen molar-refractivity contribution in [3.05, 3.63) is 94.7 Å². The number of nitrogens with one attached hydrogen (secondary N) is 1. The van der Waals surface area contributed by atoms with Gasteiger partial charge < -0.3 is 10.1 Å². The third kappa shape index (κ3) is 3.88. The second kappa shape index (κ2) is 8.59. The first-order valence-electron chi connectivity index (χ1n) is 10.6. The van der Waals surface area contributed by atoms with Crippen molar-refractivity contribution in [1.29, 1.82) is 0 Å². The van der Waals surface area contributed by atoms with Crippen LogP contribution in [0.5, 0.6) is 5.88 Å². The first-order chi connectivity index (χ1) is 16.0. The van der Waals surface area contributed by atoms with Crippen molar-refractivity contribution in [2.24, 2.45) is 10.9 Å². The predicted molar refractivity (Wildman–Crippen MR) is 124 cm³/mol. The van der Waals surface area contributed by atoms with Gasteiger partial charge in [0, 0.05) is 47.0 Å². The van der Waals surface area contributed by atoms with Crippen LogP contribution in [0.1, 0.15) is 27.0 Å². The molecule has 0 unspecified atom stereocenters. The molecule has 8 heteroatoms. The van der Waals surface area contributed by atoms with E-state index in [1.807, 2.05) is 12.1 Å². The number of pyridine rings is 1. The van der Waals surface area contributed by atoms with Crippen molar-refractivity contribution < 1.29 is 18.3 Å². The molecule has 2 aromatic carbocycles. The van der Waals surface area contributed by atoms with Crippen LogP contribution < -0.4 is 10.1 Å². The number of amidine groups is 1. The van der Waals surface area contributed by atoms with Crippen LogP contribution >= 0.6 is 11.8 Å². The number of ether oxygens (including phenoxy) is 1. The van der Waals surface area contributed by atoms with Crippen molar-refractivity contribution >= 4 is 22.8 Å². The van der Waals surface area contributed by atoms with Crippen LogP contribution in [0.4, 0.5) is 8.78 Å². The lowest BCUT2D eigenvalue weighted by Gasteiger charge is -2.45. The molecule has 0 saturated carbocycles. The standard InChI is InChI=1S/C25H21F2N3O2S/c1-32-23-19-13-25(20-8-7-18(26)12-21(20)27)17(11-16(19)9-10-28-23)14-33-24(30-25)29-22(31)15-5-3-2-4-6-15/h2-10,12,17H,11,13-14H2,1H3,(H,29,30,31)/t17-,25-/m1/s1. The van der Waals surface area contributed by atoms with Gasteiger partial charge in [-0.25, -0.2) is 18.8 Å². The Labute approximate surface area is 194 Å². The zero-order valence-electron chi connectivity index (χ0n) is 17.8. The van der Waals surface area contributed by atoms with E-state index < -0.39 is 17.2 Å². The summed E-state index contributed by atoms with van der Waals surface area (Å²) >= 11 is 1.43. The number of hydrogen-bond acceptors (Lipinski definition) is 5. The van der Waals surface area contributed by atoms with E-state index in [0.29, 0.717) is 40.8 Å². The number of halogens is 2. The number of thioether (sulfide) groups is 1. The molecule has 2 aliphatic rings. The first kappa shape index (κ1) is 21.6. The van der Waals surface area contributed by atoms with Crippen LogP contribution in [-0.4, -0.2) is 28.9 Å². The van der Waals surface area contributed by atoms with E-state index >= 15 is 4.39 Å². The van der Waals surface area contributed by atoms with Crippen LogP contribution in [0.3, 0.4) is 0 Å². The molecule has 5 nitrogen and oxygen atoms in total. The van der Waals surface area contributed by atoms with E-state index in [0.717, 1.165) is 17.2 Å². The minimum absolute atomic E-state index is 0.0561. The van der Waals surface area contributed by atoms with Crippen molar-refractivity contribution in [3.63, 3.8) is 0 Å². The lowest BCUT2D eigenvalue weighted by molar-refractivity contribution is 0.0977. The molecule has 1 amide bonds. The largest absolute Gasteiger partial charge is 0.481 e. The first-order valence-corrected chi connectivity index (χ1v) is 11.5. The summed E-state index contributed by atoms with van der Waals surface area (Å²) < 4.78 is 34.4. The molecule has 0 bridgehead atoms. The summed E-state index contributed by atoms with van der Waals surface area (Å²) in [6.07, 6.45) is 2.67.